The van der Waals surface area contributed by atoms with E-state index in [0.29, 0.717) is 20.2 Å². The van der Waals surface area contributed by atoms with Crippen molar-refractivity contribution in [1.82, 2.24) is 0 Å². The lowest BCUT2D eigenvalue weighted by Gasteiger charge is -2.22. The predicted molar refractivity (Wildman–Crippen MR) is 352 cm³/mol. The van der Waals surface area contributed by atoms with Crippen molar-refractivity contribution in [3.05, 3.63) is 252 Å². The molecule has 0 N–H and O–H groups in total. The zero-order valence-electron chi connectivity index (χ0n) is 49.5. The summed E-state index contributed by atoms with van der Waals surface area (Å²) in [7, 11) is 0. The van der Waals surface area contributed by atoms with Crippen molar-refractivity contribution in [3.63, 3.8) is 0 Å². The van der Waals surface area contributed by atoms with E-state index in [9.17, 15) is 0 Å². The van der Waals surface area contributed by atoms with Crippen molar-refractivity contribution in [2.75, 3.05) is 0 Å². The molecule has 0 saturated carbocycles. The van der Waals surface area contributed by atoms with Gasteiger partial charge in [-0.15, -0.1) is 0 Å². The fraction of sp³-hybridized carbons (Fsp3) is 0.148. The molecule has 0 radical (unpaired) electrons. The van der Waals surface area contributed by atoms with Crippen molar-refractivity contribution in [2.24, 2.45) is 0 Å². The molecule has 0 amide bonds. The SMILES string of the molecule is CC1(C)c2cc3ccc4ccccc4c3c3c2-c2c1c1ccccc1c[n+]2CO3.CC1(C)c2cc3ccc4ccccc4c3c3c2-c2c1cc1cc4ccccc4cc1[n+]2CO3.CC1(C)c2cc3ccc4ccccc4c3c3c2-c2c1ccc[n+]2CO3. The summed E-state index contributed by atoms with van der Waals surface area (Å²) in [4.78, 5) is 0. The lowest BCUT2D eigenvalue weighted by atomic mass is 9.80. The number of rotatable bonds is 0. The van der Waals surface area contributed by atoms with Crippen LogP contribution in [0, 0.1) is 0 Å². The molecule has 0 unspecified atom stereocenters. The molecule has 0 saturated heterocycles. The standard InChI is InChI=1S/C31H22NO.C27H20NO.C23H18NO/c1-31(2)24-14-21-12-11-18-7-5-6-10-23(18)27(21)30-28(24)29-25(31)15-22-13-19-8-3-4-9-20(19)16-26(22)32(29)17-33-30;1-27(2)21-13-17-12-11-16-7-3-5-9-19(16)22(17)26-23(21)25-24(27)20-10-6-4-8-18(20)14-28(25)15-29-26;1-23(2)17-8-5-11-24-13-25-22-19-15(12-18(23)20(22)21(17)24)10-9-14-6-3-4-7-16(14)19/h3-16H,17H2,1-2H3;3-14H,15H2,1-2H3;3-12H,13H2,1-2H3/q3*+1. The number of pyridine rings is 3. The molecule has 414 valence electrons. The topological polar surface area (TPSA) is 39.3 Å². The highest BCUT2D eigenvalue weighted by Crippen LogP contribution is 2.59. The van der Waals surface area contributed by atoms with Gasteiger partial charge in [-0.1, -0.05) is 193 Å². The first kappa shape index (κ1) is 49.1. The first-order valence-corrected chi connectivity index (χ1v) is 30.7. The fourth-order valence-electron chi connectivity index (χ4n) is 16.6. The van der Waals surface area contributed by atoms with Gasteiger partial charge in [0.2, 0.25) is 22.6 Å². The maximum absolute atomic E-state index is 6.66. The molecule has 12 aromatic carbocycles. The Morgan fingerprint density at radius 2 is 0.736 bits per heavy atom. The first-order chi connectivity index (χ1) is 42.4. The van der Waals surface area contributed by atoms with Crippen LogP contribution in [-0.2, 0) is 36.4 Å². The van der Waals surface area contributed by atoms with E-state index in [1.807, 2.05) is 0 Å². The largest absolute Gasteiger partial charge is 0.434 e. The van der Waals surface area contributed by atoms with Crippen LogP contribution in [0.5, 0.6) is 17.2 Å². The highest BCUT2D eigenvalue weighted by atomic mass is 16.5. The summed E-state index contributed by atoms with van der Waals surface area (Å²) in [6, 6.07) is 75.3. The Bertz CT molecular complexity index is 5700. The second-order valence-corrected chi connectivity index (χ2v) is 26.5. The lowest BCUT2D eigenvalue weighted by Crippen LogP contribution is -2.43. The Labute approximate surface area is 503 Å². The van der Waals surface area contributed by atoms with Crippen LogP contribution in [0.3, 0.4) is 0 Å². The molecule has 15 aromatic rings. The third kappa shape index (κ3) is 6.47. The minimum absolute atomic E-state index is 0.00401. The molecule has 6 aliphatic rings. The number of hydrogen-bond donors (Lipinski definition) is 0. The van der Waals surface area contributed by atoms with Crippen LogP contribution in [-0.4, -0.2) is 0 Å². The maximum Gasteiger partial charge on any atom is 0.293 e. The normalized spacial score (nSPS) is 15.7. The summed E-state index contributed by atoms with van der Waals surface area (Å²) in [5.74, 6) is 3.16. The van der Waals surface area contributed by atoms with Crippen molar-refractivity contribution in [3.8, 4) is 51.0 Å². The Morgan fingerprint density at radius 1 is 0.310 bits per heavy atom. The monoisotopic (exact) mass is 1120 g/mol. The van der Waals surface area contributed by atoms with Gasteiger partial charge in [-0.25, -0.2) is 0 Å². The molecule has 3 aromatic heterocycles. The van der Waals surface area contributed by atoms with Gasteiger partial charge in [0, 0.05) is 72.0 Å². The second-order valence-electron chi connectivity index (χ2n) is 26.5. The molecule has 0 spiro atoms. The molecule has 3 aliphatic carbocycles. The third-order valence-electron chi connectivity index (χ3n) is 20.8. The van der Waals surface area contributed by atoms with E-state index in [-0.39, 0.29) is 16.2 Å². The number of ether oxygens (including phenoxy) is 3. The van der Waals surface area contributed by atoms with Gasteiger partial charge in [0.1, 0.15) is 17.2 Å². The van der Waals surface area contributed by atoms with Gasteiger partial charge in [0.15, 0.2) is 12.4 Å². The van der Waals surface area contributed by atoms with E-state index in [1.165, 1.54) is 164 Å². The lowest BCUT2D eigenvalue weighted by molar-refractivity contribution is -0.717. The van der Waals surface area contributed by atoms with Gasteiger partial charge >= 0.3 is 0 Å². The molecule has 3 aliphatic heterocycles. The summed E-state index contributed by atoms with van der Waals surface area (Å²) in [6.07, 6.45) is 4.37. The van der Waals surface area contributed by atoms with Gasteiger partial charge in [-0.3, -0.25) is 0 Å². The van der Waals surface area contributed by atoms with Gasteiger partial charge < -0.3 is 14.2 Å². The summed E-state index contributed by atoms with van der Waals surface area (Å²) in [5, 5.41) is 21.5. The van der Waals surface area contributed by atoms with Crippen molar-refractivity contribution in [1.29, 1.82) is 0 Å². The van der Waals surface area contributed by atoms with E-state index in [4.69, 9.17) is 14.2 Å². The molecule has 6 nitrogen and oxygen atoms in total. The van der Waals surface area contributed by atoms with Crippen molar-refractivity contribution < 1.29 is 27.9 Å². The predicted octanol–water partition coefficient (Wildman–Crippen LogP) is 18.3. The maximum atomic E-state index is 6.66. The van der Waals surface area contributed by atoms with Gasteiger partial charge in [0.25, 0.3) is 20.2 Å². The molecule has 21 rings (SSSR count). The van der Waals surface area contributed by atoms with E-state index < -0.39 is 0 Å². The van der Waals surface area contributed by atoms with E-state index in [1.54, 1.807) is 0 Å². The highest BCUT2D eigenvalue weighted by molar-refractivity contribution is 6.17. The minimum atomic E-state index is -0.0888. The van der Waals surface area contributed by atoms with Crippen molar-refractivity contribution >= 4 is 97.1 Å². The molecule has 87 heavy (non-hydrogen) atoms. The number of benzene rings is 12. The average molecular weight is 1120 g/mol. The number of fused-ring (bicyclic) bond motifs is 17. The Balaban J connectivity index is 0.0000000960. The summed E-state index contributed by atoms with van der Waals surface area (Å²) >= 11 is 0. The first-order valence-electron chi connectivity index (χ1n) is 30.7. The van der Waals surface area contributed by atoms with Crippen LogP contribution in [0.2, 0.25) is 0 Å². The van der Waals surface area contributed by atoms with Crippen LogP contribution in [0.4, 0.5) is 0 Å². The number of aromatic nitrogens is 3. The molecule has 6 heterocycles. The van der Waals surface area contributed by atoms with E-state index in [2.05, 4.69) is 274 Å². The van der Waals surface area contributed by atoms with Crippen LogP contribution >= 0.6 is 0 Å². The van der Waals surface area contributed by atoms with Crippen molar-refractivity contribution in [2.45, 2.75) is 78.0 Å². The van der Waals surface area contributed by atoms with Crippen LogP contribution in [0.15, 0.2) is 219 Å². The fourth-order valence-corrected chi connectivity index (χ4v) is 16.6. The molecule has 0 atom stereocenters. The summed E-state index contributed by atoms with van der Waals surface area (Å²) in [6.45, 7) is 15.7. The van der Waals surface area contributed by atoms with Gasteiger partial charge in [-0.2, -0.15) is 13.7 Å². The Morgan fingerprint density at radius 3 is 1.31 bits per heavy atom. The Hall–Kier alpha value is -10.2. The number of nitrogens with zero attached hydrogens (tertiary/aromatic N) is 3. The highest BCUT2D eigenvalue weighted by Gasteiger charge is 2.50. The smallest absolute Gasteiger partial charge is 0.293 e. The van der Waals surface area contributed by atoms with Crippen LogP contribution in [0.25, 0.3) is 131 Å². The third-order valence-corrected chi connectivity index (χ3v) is 20.8. The zero-order chi connectivity index (χ0) is 58.0. The molecule has 6 heteroatoms. The van der Waals surface area contributed by atoms with E-state index >= 15 is 0 Å². The zero-order valence-corrected chi connectivity index (χ0v) is 49.5. The molecular formula is C81H60N3O3+3. The van der Waals surface area contributed by atoms with E-state index in [0.717, 1.165) is 17.2 Å². The van der Waals surface area contributed by atoms with Gasteiger partial charge in [-0.05, 0) is 124 Å². The molecular weight excluding hydrogens is 1060 g/mol. The minimum Gasteiger partial charge on any atom is -0.434 e. The van der Waals surface area contributed by atoms with Crippen LogP contribution < -0.4 is 27.9 Å². The second kappa shape index (κ2) is 17.0. The summed E-state index contributed by atoms with van der Waals surface area (Å²) < 4.78 is 26.4. The number of hydrogen-bond acceptors (Lipinski definition) is 3. The van der Waals surface area contributed by atoms with Gasteiger partial charge in [0.05, 0.1) is 16.7 Å². The molecule has 0 fully saturated rings. The average Bonchev–Trinajstić information content (AvgIpc) is 1.61. The quantitative estimate of drug-likeness (QED) is 0.0863. The summed E-state index contributed by atoms with van der Waals surface area (Å²) in [5.41, 5.74) is 17.2. The van der Waals surface area contributed by atoms with Crippen LogP contribution in [0.1, 0.15) is 74.9 Å². The Kier molecular flexibility index (Phi) is 9.63. The molecule has 0 bridgehead atoms.